The molecule has 0 radical (unpaired) electrons. The molecule has 0 unspecified atom stereocenters. The molecule has 1 aliphatic heterocycles. The van der Waals surface area contributed by atoms with Crippen LogP contribution in [0.2, 0.25) is 0 Å². The zero-order chi connectivity index (χ0) is 9.26. The van der Waals surface area contributed by atoms with Crippen LogP contribution in [0.5, 0.6) is 5.75 Å². The Balaban J connectivity index is 2.43. The zero-order valence-electron chi connectivity index (χ0n) is 7.05. The van der Waals surface area contributed by atoms with Gasteiger partial charge in [0.15, 0.2) is 0 Å². The lowest BCUT2D eigenvalue weighted by Crippen LogP contribution is -2.00. The summed E-state index contributed by atoms with van der Waals surface area (Å²) < 4.78 is 6.53. The second-order valence-corrected chi connectivity index (χ2v) is 3.88. The van der Waals surface area contributed by atoms with Crippen LogP contribution in [0.1, 0.15) is 11.1 Å². The third-order valence-corrected chi connectivity index (χ3v) is 2.52. The molecule has 0 atom stereocenters. The minimum Gasteiger partial charge on any atom is -0.493 e. The molecule has 2 N–H and O–H groups in total. The minimum atomic E-state index is 0.391. The third kappa shape index (κ3) is 1.70. The Morgan fingerprint density at radius 1 is 1.54 bits per heavy atom. The fraction of sp³-hybridized carbons (Fsp3) is 0.333. The van der Waals surface area contributed by atoms with Crippen LogP contribution in [0.25, 0.3) is 0 Å². The number of halogens is 1. The normalized spacial score (nSPS) is 14.0. The maximum Gasteiger partial charge on any atom is 0.128 e. The molecular formula is C9H10BrNO2. The summed E-state index contributed by atoms with van der Waals surface area (Å²) >= 11 is 3.43. The van der Waals surface area contributed by atoms with Gasteiger partial charge in [0.05, 0.1) is 13.2 Å². The van der Waals surface area contributed by atoms with E-state index in [-0.39, 0.29) is 0 Å². The van der Waals surface area contributed by atoms with E-state index in [1.807, 2.05) is 6.07 Å². The van der Waals surface area contributed by atoms with Crippen LogP contribution < -0.4 is 10.6 Å². The summed E-state index contributed by atoms with van der Waals surface area (Å²) in [6.45, 7) is 1.14. The molecule has 1 aromatic carbocycles. The van der Waals surface area contributed by atoms with Gasteiger partial charge in [-0.1, -0.05) is 15.9 Å². The predicted molar refractivity (Wildman–Crippen MR) is 52.3 cm³/mol. The number of ether oxygens (including phenoxy) is 1. The molecule has 1 aliphatic rings. The van der Waals surface area contributed by atoms with Crippen LogP contribution in [0.15, 0.2) is 16.6 Å². The van der Waals surface area contributed by atoms with Gasteiger partial charge in [0, 0.05) is 16.5 Å². The number of nitrogens with two attached hydrogens (primary N) is 1. The Kier molecular flexibility index (Phi) is 2.53. The Hall–Kier alpha value is -0.580. The first-order chi connectivity index (χ1) is 6.31. The number of hydrogen-bond donors (Lipinski definition) is 1. The van der Waals surface area contributed by atoms with E-state index in [1.54, 1.807) is 0 Å². The highest BCUT2D eigenvalue weighted by atomic mass is 79.9. The van der Waals surface area contributed by atoms with Crippen molar-refractivity contribution in [1.29, 1.82) is 0 Å². The maximum absolute atomic E-state index is 5.48. The topological polar surface area (TPSA) is 44.5 Å². The average molecular weight is 244 g/mol. The van der Waals surface area contributed by atoms with E-state index in [0.29, 0.717) is 6.61 Å². The van der Waals surface area contributed by atoms with E-state index in [2.05, 4.69) is 26.8 Å². The van der Waals surface area contributed by atoms with Gasteiger partial charge in [-0.15, -0.1) is 0 Å². The second kappa shape index (κ2) is 3.65. The standard InChI is InChI=1S/C9H10BrNO2/c10-8-3-6-1-2-12-9(6)7(4-8)5-13-11/h3-4H,1-2,5,11H2. The Morgan fingerprint density at radius 3 is 3.15 bits per heavy atom. The highest BCUT2D eigenvalue weighted by molar-refractivity contribution is 9.10. The van der Waals surface area contributed by atoms with Crippen LogP contribution >= 0.6 is 15.9 Å². The van der Waals surface area contributed by atoms with Crippen molar-refractivity contribution in [2.45, 2.75) is 13.0 Å². The Bertz CT molecular complexity index is 328. The van der Waals surface area contributed by atoms with Crippen molar-refractivity contribution in [3.8, 4) is 5.75 Å². The highest BCUT2D eigenvalue weighted by Crippen LogP contribution is 2.33. The molecule has 0 bridgehead atoms. The highest BCUT2D eigenvalue weighted by Gasteiger charge is 2.16. The lowest BCUT2D eigenvalue weighted by molar-refractivity contribution is 0.122. The summed E-state index contributed by atoms with van der Waals surface area (Å²) in [6, 6.07) is 4.04. The number of benzene rings is 1. The monoisotopic (exact) mass is 243 g/mol. The molecule has 2 rings (SSSR count). The third-order valence-electron chi connectivity index (χ3n) is 2.06. The molecule has 1 aromatic rings. The molecule has 0 amide bonds. The molecule has 0 aromatic heterocycles. The molecule has 4 heteroatoms. The van der Waals surface area contributed by atoms with Crippen LogP contribution in [0.4, 0.5) is 0 Å². The van der Waals surface area contributed by atoms with Crippen molar-refractivity contribution in [2.75, 3.05) is 6.61 Å². The van der Waals surface area contributed by atoms with Gasteiger partial charge in [0.25, 0.3) is 0 Å². The SMILES string of the molecule is NOCc1cc(Br)cc2c1OCC2. The van der Waals surface area contributed by atoms with E-state index in [0.717, 1.165) is 28.8 Å². The van der Waals surface area contributed by atoms with Crippen molar-refractivity contribution in [3.63, 3.8) is 0 Å². The van der Waals surface area contributed by atoms with Crippen molar-refractivity contribution in [2.24, 2.45) is 5.90 Å². The second-order valence-electron chi connectivity index (χ2n) is 2.96. The van der Waals surface area contributed by atoms with Gasteiger partial charge in [-0.2, -0.15) is 0 Å². The van der Waals surface area contributed by atoms with E-state index >= 15 is 0 Å². The quantitative estimate of drug-likeness (QED) is 0.806. The lowest BCUT2D eigenvalue weighted by Gasteiger charge is -2.07. The van der Waals surface area contributed by atoms with Crippen LogP contribution in [-0.4, -0.2) is 6.61 Å². The molecule has 13 heavy (non-hydrogen) atoms. The smallest absolute Gasteiger partial charge is 0.128 e. The van der Waals surface area contributed by atoms with E-state index in [9.17, 15) is 0 Å². The molecule has 3 nitrogen and oxygen atoms in total. The molecule has 70 valence electrons. The zero-order valence-corrected chi connectivity index (χ0v) is 8.63. The largest absolute Gasteiger partial charge is 0.493 e. The van der Waals surface area contributed by atoms with E-state index < -0.39 is 0 Å². The van der Waals surface area contributed by atoms with Crippen LogP contribution in [0, 0.1) is 0 Å². The summed E-state index contributed by atoms with van der Waals surface area (Å²) in [7, 11) is 0. The first-order valence-corrected chi connectivity index (χ1v) is 4.86. The summed E-state index contributed by atoms with van der Waals surface area (Å²) in [4.78, 5) is 4.61. The molecule has 0 spiro atoms. The first-order valence-electron chi connectivity index (χ1n) is 4.07. The molecule has 1 heterocycles. The van der Waals surface area contributed by atoms with Crippen molar-refractivity contribution >= 4 is 15.9 Å². The first kappa shape index (κ1) is 8.99. The van der Waals surface area contributed by atoms with Crippen LogP contribution in [-0.2, 0) is 17.9 Å². The van der Waals surface area contributed by atoms with E-state index in [1.165, 1.54) is 5.56 Å². The maximum atomic E-state index is 5.48. The lowest BCUT2D eigenvalue weighted by atomic mass is 10.1. The molecule has 0 aliphatic carbocycles. The van der Waals surface area contributed by atoms with Gasteiger partial charge in [-0.05, 0) is 17.7 Å². The van der Waals surface area contributed by atoms with Gasteiger partial charge in [-0.3, -0.25) is 4.84 Å². The fourth-order valence-corrected chi connectivity index (χ4v) is 2.10. The Labute approximate surface area is 84.9 Å². The summed E-state index contributed by atoms with van der Waals surface area (Å²) in [6.07, 6.45) is 0.965. The number of hydrogen-bond acceptors (Lipinski definition) is 3. The van der Waals surface area contributed by atoms with Gasteiger partial charge < -0.3 is 4.74 Å². The molecule has 0 saturated heterocycles. The molecule has 0 saturated carbocycles. The fourth-order valence-electron chi connectivity index (χ4n) is 1.54. The van der Waals surface area contributed by atoms with Gasteiger partial charge in [0.2, 0.25) is 0 Å². The molecular weight excluding hydrogens is 234 g/mol. The van der Waals surface area contributed by atoms with Gasteiger partial charge in [0.1, 0.15) is 5.75 Å². The van der Waals surface area contributed by atoms with E-state index in [4.69, 9.17) is 10.6 Å². The van der Waals surface area contributed by atoms with Crippen molar-refractivity contribution < 1.29 is 9.57 Å². The van der Waals surface area contributed by atoms with Crippen LogP contribution in [0.3, 0.4) is 0 Å². The number of fused-ring (bicyclic) bond motifs is 1. The number of rotatable bonds is 2. The summed E-state index contributed by atoms with van der Waals surface area (Å²) in [5.74, 6) is 5.97. The summed E-state index contributed by atoms with van der Waals surface area (Å²) in [5, 5.41) is 0. The minimum absolute atomic E-state index is 0.391. The Morgan fingerprint density at radius 2 is 2.38 bits per heavy atom. The van der Waals surface area contributed by atoms with Crippen molar-refractivity contribution in [3.05, 3.63) is 27.7 Å². The van der Waals surface area contributed by atoms with Gasteiger partial charge in [-0.25, -0.2) is 5.90 Å². The summed E-state index contributed by atoms with van der Waals surface area (Å²) in [5.41, 5.74) is 2.23. The predicted octanol–water partition coefficient (Wildman–Crippen LogP) is 1.77. The average Bonchev–Trinajstić information content (AvgIpc) is 2.52. The molecule has 0 fully saturated rings. The van der Waals surface area contributed by atoms with Crippen molar-refractivity contribution in [1.82, 2.24) is 0 Å². The van der Waals surface area contributed by atoms with Gasteiger partial charge >= 0.3 is 0 Å².